The van der Waals surface area contributed by atoms with Crippen LogP contribution >= 0.6 is 23.2 Å². The van der Waals surface area contributed by atoms with Gasteiger partial charge in [-0.3, -0.25) is 4.98 Å². The lowest BCUT2D eigenvalue weighted by Gasteiger charge is -2.05. The van der Waals surface area contributed by atoms with Gasteiger partial charge in [0.15, 0.2) is 0 Å². The molecule has 2 aromatic rings. The first-order chi connectivity index (χ1) is 6.72. The van der Waals surface area contributed by atoms with Gasteiger partial charge in [0.05, 0.1) is 10.7 Å². The molecule has 1 aromatic heterocycles. The molecular weight excluding hydrogens is 219 g/mol. The van der Waals surface area contributed by atoms with Gasteiger partial charge in [0, 0.05) is 23.2 Å². The summed E-state index contributed by atoms with van der Waals surface area (Å²) < 4.78 is 0. The summed E-state index contributed by atoms with van der Waals surface area (Å²) in [7, 11) is 0. The van der Waals surface area contributed by atoms with Gasteiger partial charge in [-0.1, -0.05) is 23.2 Å². The van der Waals surface area contributed by atoms with E-state index in [9.17, 15) is 0 Å². The van der Waals surface area contributed by atoms with Crippen molar-refractivity contribution in [3.8, 4) is 0 Å². The average Bonchev–Trinajstić information content (AvgIpc) is 2.16. The molecule has 0 amide bonds. The van der Waals surface area contributed by atoms with Crippen LogP contribution in [0.3, 0.4) is 0 Å². The van der Waals surface area contributed by atoms with E-state index < -0.39 is 0 Å². The average molecular weight is 227 g/mol. The molecule has 0 bridgehead atoms. The van der Waals surface area contributed by atoms with Gasteiger partial charge < -0.3 is 5.73 Å². The van der Waals surface area contributed by atoms with Crippen LogP contribution in [0.15, 0.2) is 24.4 Å². The Morgan fingerprint density at radius 2 is 2.07 bits per heavy atom. The molecule has 2 N–H and O–H groups in total. The number of nitrogens with zero attached hydrogens (tertiary/aromatic N) is 1. The third-order valence-corrected chi connectivity index (χ3v) is 2.57. The fraction of sp³-hybridized carbons (Fsp3) is 0.100. The monoisotopic (exact) mass is 226 g/mol. The molecule has 0 spiro atoms. The molecule has 1 heterocycles. The standard InChI is InChI=1S/C10H8Cl2N2/c11-7-3-6-1-2-14-9(5-13)10(6)8(12)4-7/h1-4H,5,13H2. The molecule has 14 heavy (non-hydrogen) atoms. The molecular formula is C10H8Cl2N2. The summed E-state index contributed by atoms with van der Waals surface area (Å²) in [5.41, 5.74) is 6.36. The molecule has 0 saturated heterocycles. The molecule has 0 unspecified atom stereocenters. The summed E-state index contributed by atoms with van der Waals surface area (Å²) >= 11 is 11.9. The molecule has 0 aliphatic rings. The summed E-state index contributed by atoms with van der Waals surface area (Å²) in [4.78, 5) is 4.16. The van der Waals surface area contributed by atoms with Crippen molar-refractivity contribution in [2.75, 3.05) is 0 Å². The van der Waals surface area contributed by atoms with Crippen LogP contribution < -0.4 is 5.73 Å². The van der Waals surface area contributed by atoms with E-state index in [1.807, 2.05) is 12.1 Å². The lowest BCUT2D eigenvalue weighted by atomic mass is 10.1. The maximum Gasteiger partial charge on any atom is 0.0632 e. The molecule has 2 nitrogen and oxygen atoms in total. The zero-order valence-electron chi connectivity index (χ0n) is 7.30. The van der Waals surface area contributed by atoms with E-state index in [1.165, 1.54) is 0 Å². The fourth-order valence-electron chi connectivity index (χ4n) is 1.46. The summed E-state index contributed by atoms with van der Waals surface area (Å²) in [6.07, 6.45) is 1.71. The molecule has 0 atom stereocenters. The Balaban J connectivity index is 2.87. The number of fused-ring (bicyclic) bond motifs is 1. The third kappa shape index (κ3) is 1.57. The molecule has 72 valence electrons. The predicted molar refractivity (Wildman–Crippen MR) is 59.7 cm³/mol. The Bertz CT molecular complexity index is 483. The van der Waals surface area contributed by atoms with Crippen LogP contribution in [-0.2, 0) is 6.54 Å². The second-order valence-corrected chi connectivity index (χ2v) is 3.79. The summed E-state index contributed by atoms with van der Waals surface area (Å²) in [5, 5.41) is 3.08. The van der Waals surface area contributed by atoms with Gasteiger partial charge in [-0.15, -0.1) is 0 Å². The number of benzene rings is 1. The zero-order chi connectivity index (χ0) is 10.1. The van der Waals surface area contributed by atoms with Crippen LogP contribution in [0.25, 0.3) is 10.8 Å². The van der Waals surface area contributed by atoms with E-state index in [0.29, 0.717) is 16.6 Å². The second kappa shape index (κ2) is 3.73. The van der Waals surface area contributed by atoms with Crippen LogP contribution in [0.4, 0.5) is 0 Å². The van der Waals surface area contributed by atoms with Crippen molar-refractivity contribution in [3.63, 3.8) is 0 Å². The highest BCUT2D eigenvalue weighted by Crippen LogP contribution is 2.29. The Kier molecular flexibility index (Phi) is 2.59. The zero-order valence-corrected chi connectivity index (χ0v) is 8.81. The second-order valence-electron chi connectivity index (χ2n) is 2.95. The summed E-state index contributed by atoms with van der Waals surface area (Å²) in [6, 6.07) is 5.42. The molecule has 1 aromatic carbocycles. The Hall–Kier alpha value is -0.830. The molecule has 0 fully saturated rings. The maximum absolute atomic E-state index is 6.07. The number of rotatable bonds is 1. The minimum atomic E-state index is 0.374. The molecule has 2 rings (SSSR count). The van der Waals surface area contributed by atoms with Crippen molar-refractivity contribution < 1.29 is 0 Å². The van der Waals surface area contributed by atoms with Gasteiger partial charge in [-0.25, -0.2) is 0 Å². The number of halogens is 2. The van der Waals surface area contributed by atoms with E-state index in [1.54, 1.807) is 12.3 Å². The van der Waals surface area contributed by atoms with Crippen molar-refractivity contribution >= 4 is 34.0 Å². The highest BCUT2D eigenvalue weighted by molar-refractivity contribution is 6.38. The maximum atomic E-state index is 6.07. The largest absolute Gasteiger partial charge is 0.325 e. The van der Waals surface area contributed by atoms with Crippen molar-refractivity contribution in [2.24, 2.45) is 5.73 Å². The molecule has 0 aliphatic carbocycles. The number of hydrogen-bond donors (Lipinski definition) is 1. The minimum Gasteiger partial charge on any atom is -0.325 e. The van der Waals surface area contributed by atoms with E-state index >= 15 is 0 Å². The van der Waals surface area contributed by atoms with Gasteiger partial charge >= 0.3 is 0 Å². The molecule has 0 radical (unpaired) electrons. The Morgan fingerprint density at radius 1 is 1.29 bits per heavy atom. The molecule has 0 aliphatic heterocycles. The van der Waals surface area contributed by atoms with Crippen molar-refractivity contribution in [2.45, 2.75) is 6.54 Å². The van der Waals surface area contributed by atoms with Crippen molar-refractivity contribution in [3.05, 3.63) is 40.1 Å². The van der Waals surface area contributed by atoms with E-state index in [2.05, 4.69) is 4.98 Å². The summed E-state index contributed by atoms with van der Waals surface area (Å²) in [6.45, 7) is 0.374. The smallest absolute Gasteiger partial charge is 0.0632 e. The minimum absolute atomic E-state index is 0.374. The third-order valence-electron chi connectivity index (χ3n) is 2.05. The van der Waals surface area contributed by atoms with Crippen LogP contribution in [0, 0.1) is 0 Å². The van der Waals surface area contributed by atoms with E-state index in [4.69, 9.17) is 28.9 Å². The van der Waals surface area contributed by atoms with E-state index in [-0.39, 0.29) is 0 Å². The first-order valence-electron chi connectivity index (χ1n) is 4.15. The number of nitrogens with two attached hydrogens (primary N) is 1. The highest BCUT2D eigenvalue weighted by atomic mass is 35.5. The van der Waals surface area contributed by atoms with Crippen LogP contribution in [-0.4, -0.2) is 4.98 Å². The SMILES string of the molecule is NCc1nccc2cc(Cl)cc(Cl)c12. The first-order valence-corrected chi connectivity index (χ1v) is 4.90. The first kappa shape index (κ1) is 9.71. The van der Waals surface area contributed by atoms with Crippen LogP contribution in [0.1, 0.15) is 5.69 Å². The number of pyridine rings is 1. The van der Waals surface area contributed by atoms with Gasteiger partial charge in [-0.05, 0) is 23.6 Å². The van der Waals surface area contributed by atoms with Gasteiger partial charge in [-0.2, -0.15) is 0 Å². The number of aromatic nitrogens is 1. The van der Waals surface area contributed by atoms with Crippen molar-refractivity contribution in [1.29, 1.82) is 0 Å². The Labute approximate surface area is 91.6 Å². The van der Waals surface area contributed by atoms with E-state index in [0.717, 1.165) is 16.5 Å². The van der Waals surface area contributed by atoms with Crippen LogP contribution in [0.5, 0.6) is 0 Å². The van der Waals surface area contributed by atoms with Gasteiger partial charge in [0.1, 0.15) is 0 Å². The quantitative estimate of drug-likeness (QED) is 0.813. The Morgan fingerprint density at radius 3 is 2.79 bits per heavy atom. The normalized spacial score (nSPS) is 10.8. The lowest BCUT2D eigenvalue weighted by Crippen LogP contribution is -2.00. The predicted octanol–water partition coefficient (Wildman–Crippen LogP) is 3.00. The van der Waals surface area contributed by atoms with Crippen molar-refractivity contribution in [1.82, 2.24) is 4.98 Å². The lowest BCUT2D eigenvalue weighted by molar-refractivity contribution is 1.01. The topological polar surface area (TPSA) is 38.9 Å². The summed E-state index contributed by atoms with van der Waals surface area (Å²) in [5.74, 6) is 0. The van der Waals surface area contributed by atoms with Gasteiger partial charge in [0.2, 0.25) is 0 Å². The molecule has 0 saturated carbocycles. The fourth-order valence-corrected chi connectivity index (χ4v) is 2.07. The van der Waals surface area contributed by atoms with Crippen LogP contribution in [0.2, 0.25) is 10.0 Å². The number of hydrogen-bond acceptors (Lipinski definition) is 2. The molecule has 4 heteroatoms. The van der Waals surface area contributed by atoms with Gasteiger partial charge in [0.25, 0.3) is 0 Å². The highest BCUT2D eigenvalue weighted by Gasteiger charge is 2.06.